The van der Waals surface area contributed by atoms with Gasteiger partial charge in [0.1, 0.15) is 18.9 Å². The monoisotopic (exact) mass is 512 g/mol. The zero-order valence-corrected chi connectivity index (χ0v) is 20.7. The number of carboxylic acid groups (broad SMARTS) is 1. The van der Waals surface area contributed by atoms with Crippen LogP contribution in [0.4, 0.5) is 15.3 Å². The molecule has 5 amide bonds. The highest BCUT2D eigenvalue weighted by atomic mass is 32.1. The van der Waals surface area contributed by atoms with Crippen molar-refractivity contribution in [3.63, 3.8) is 0 Å². The fourth-order valence-corrected chi connectivity index (χ4v) is 5.87. The van der Waals surface area contributed by atoms with Crippen molar-refractivity contribution in [2.24, 2.45) is 5.92 Å². The van der Waals surface area contributed by atoms with E-state index in [1.54, 1.807) is 23.1 Å². The lowest BCUT2D eigenvalue weighted by Crippen LogP contribution is -2.50. The van der Waals surface area contributed by atoms with Gasteiger partial charge in [-0.25, -0.2) is 14.5 Å². The van der Waals surface area contributed by atoms with Crippen LogP contribution in [0.25, 0.3) is 0 Å². The quantitative estimate of drug-likeness (QED) is 0.564. The van der Waals surface area contributed by atoms with E-state index >= 15 is 0 Å². The number of aryl methyl sites for hydroxylation is 1. The summed E-state index contributed by atoms with van der Waals surface area (Å²) in [7, 11) is 1.52. The highest BCUT2D eigenvalue weighted by molar-refractivity contribution is 7.10. The fourth-order valence-electron chi connectivity index (χ4n) is 5.05. The predicted octanol–water partition coefficient (Wildman–Crippen LogP) is 3.24. The van der Waals surface area contributed by atoms with E-state index < -0.39 is 30.4 Å². The standard InChI is InChI=1S/C25H28N4O6S/c1-26-24(32)27-16-5-7-17-15(10-16)4-6-18(17)23(31)29(25(33)34)12-22(30)28-11-21-20(8-9-36-21)35-13-19(28)14-2-3-14/h5,7-10,14,18-19H,2-4,6,11-13H2,1H3,(H,33,34)(H2,26,27,32)/t18?,19-/m0/s1. The van der Waals surface area contributed by atoms with Crippen LogP contribution in [0, 0.1) is 5.92 Å². The maximum Gasteiger partial charge on any atom is 0.414 e. The number of anilines is 1. The molecule has 3 aliphatic rings. The molecule has 1 unspecified atom stereocenters. The molecule has 0 bridgehead atoms. The first-order valence-electron chi connectivity index (χ1n) is 12.0. The Bertz CT molecular complexity index is 1210. The smallest absolute Gasteiger partial charge is 0.414 e. The normalized spacial score (nSPS) is 20.4. The van der Waals surface area contributed by atoms with E-state index in [4.69, 9.17) is 4.74 Å². The number of hydrogen-bond donors (Lipinski definition) is 3. The highest BCUT2D eigenvalue weighted by Gasteiger charge is 2.42. The Morgan fingerprint density at radius 1 is 1.19 bits per heavy atom. The molecule has 1 saturated carbocycles. The fraction of sp³-hybridized carbons (Fsp3) is 0.440. The van der Waals surface area contributed by atoms with Crippen molar-refractivity contribution in [2.75, 3.05) is 25.5 Å². The Balaban J connectivity index is 1.33. The second-order valence-corrected chi connectivity index (χ2v) is 10.4. The molecule has 36 heavy (non-hydrogen) atoms. The summed E-state index contributed by atoms with van der Waals surface area (Å²) in [5.74, 6) is -0.562. The molecule has 3 N–H and O–H groups in total. The molecule has 1 aromatic carbocycles. The van der Waals surface area contributed by atoms with Crippen molar-refractivity contribution in [2.45, 2.75) is 44.2 Å². The Kier molecular flexibility index (Phi) is 6.57. The number of nitrogens with one attached hydrogen (secondary N) is 2. The average Bonchev–Trinajstić information content (AvgIpc) is 3.51. The summed E-state index contributed by atoms with van der Waals surface area (Å²) in [5.41, 5.74) is 2.19. The summed E-state index contributed by atoms with van der Waals surface area (Å²) in [6.45, 7) is 0.186. The molecular weight excluding hydrogens is 484 g/mol. The molecular formula is C25H28N4O6S. The molecule has 2 heterocycles. The molecule has 1 fully saturated rings. The number of urea groups is 1. The molecule has 2 aromatic rings. The van der Waals surface area contributed by atoms with Crippen LogP contribution in [0.1, 0.15) is 41.2 Å². The molecule has 0 saturated heterocycles. The minimum Gasteiger partial charge on any atom is -0.490 e. The van der Waals surface area contributed by atoms with Gasteiger partial charge in [0.2, 0.25) is 11.8 Å². The second-order valence-electron chi connectivity index (χ2n) is 9.36. The number of fused-ring (bicyclic) bond motifs is 2. The Morgan fingerprint density at radius 3 is 2.72 bits per heavy atom. The third-order valence-electron chi connectivity index (χ3n) is 7.11. The first kappa shape index (κ1) is 24.1. The van der Waals surface area contributed by atoms with Crippen LogP contribution in [-0.2, 0) is 22.6 Å². The largest absolute Gasteiger partial charge is 0.490 e. The molecule has 0 spiro atoms. The third-order valence-corrected chi connectivity index (χ3v) is 8.00. The maximum absolute atomic E-state index is 13.5. The van der Waals surface area contributed by atoms with Gasteiger partial charge in [-0.05, 0) is 66.3 Å². The molecule has 11 heteroatoms. The zero-order chi connectivity index (χ0) is 25.4. The predicted molar refractivity (Wildman–Crippen MR) is 132 cm³/mol. The van der Waals surface area contributed by atoms with Gasteiger partial charge in [0.25, 0.3) is 0 Å². The van der Waals surface area contributed by atoms with Crippen molar-refractivity contribution in [3.8, 4) is 5.75 Å². The van der Waals surface area contributed by atoms with Crippen molar-refractivity contribution in [1.29, 1.82) is 0 Å². The number of benzene rings is 1. The van der Waals surface area contributed by atoms with Crippen molar-refractivity contribution in [3.05, 3.63) is 45.6 Å². The first-order valence-corrected chi connectivity index (χ1v) is 12.9. The van der Waals surface area contributed by atoms with Crippen LogP contribution in [0.2, 0.25) is 0 Å². The van der Waals surface area contributed by atoms with Crippen LogP contribution >= 0.6 is 11.3 Å². The van der Waals surface area contributed by atoms with Crippen LogP contribution in [-0.4, -0.2) is 65.1 Å². The third kappa shape index (κ3) is 4.75. The average molecular weight is 513 g/mol. The molecule has 10 nitrogen and oxygen atoms in total. The topological polar surface area (TPSA) is 128 Å². The number of carbonyl (C=O) groups excluding carboxylic acids is 3. The maximum atomic E-state index is 13.5. The van der Waals surface area contributed by atoms with E-state index in [1.165, 1.54) is 18.4 Å². The lowest BCUT2D eigenvalue weighted by atomic mass is 9.99. The summed E-state index contributed by atoms with van der Waals surface area (Å²) in [6.07, 6.45) is 1.58. The van der Waals surface area contributed by atoms with Gasteiger partial charge in [0.05, 0.1) is 23.4 Å². The molecule has 1 aliphatic heterocycles. The van der Waals surface area contributed by atoms with Crippen molar-refractivity contribution < 1.29 is 29.0 Å². The number of hydrogen-bond acceptors (Lipinski definition) is 6. The molecule has 2 atom stereocenters. The molecule has 190 valence electrons. The SMILES string of the molecule is CNC(=O)Nc1ccc2c(c1)CCC2C(=O)N(CC(=O)N1Cc2sccc2OC[C@H]1C1CC1)C(=O)O. The molecule has 5 rings (SSSR count). The van der Waals surface area contributed by atoms with Crippen molar-refractivity contribution >= 4 is 41.0 Å². The van der Waals surface area contributed by atoms with E-state index in [9.17, 15) is 24.3 Å². The van der Waals surface area contributed by atoms with Gasteiger partial charge < -0.3 is 25.4 Å². The number of ether oxygens (including phenoxy) is 1. The lowest BCUT2D eigenvalue weighted by molar-refractivity contribution is -0.142. The van der Waals surface area contributed by atoms with Crippen LogP contribution < -0.4 is 15.4 Å². The van der Waals surface area contributed by atoms with Crippen LogP contribution in [0.5, 0.6) is 5.75 Å². The minimum absolute atomic E-state index is 0.138. The van der Waals surface area contributed by atoms with Crippen molar-refractivity contribution in [1.82, 2.24) is 15.1 Å². The van der Waals surface area contributed by atoms with Gasteiger partial charge in [-0.3, -0.25) is 9.59 Å². The summed E-state index contributed by atoms with van der Waals surface area (Å²) in [5, 5.41) is 17.0. The number of thiophene rings is 1. The summed E-state index contributed by atoms with van der Waals surface area (Å²) in [4.78, 5) is 53.9. The van der Waals surface area contributed by atoms with Gasteiger partial charge in [-0.2, -0.15) is 0 Å². The Hall–Kier alpha value is -3.60. The van der Waals surface area contributed by atoms with E-state index in [2.05, 4.69) is 10.6 Å². The van der Waals surface area contributed by atoms with E-state index in [1.807, 2.05) is 11.4 Å². The van der Waals surface area contributed by atoms with E-state index in [0.29, 0.717) is 42.5 Å². The molecule has 0 radical (unpaired) electrons. The minimum atomic E-state index is -1.44. The number of nitrogens with zero attached hydrogens (tertiary/aromatic N) is 2. The number of amides is 5. The Labute approximate surface area is 212 Å². The molecule has 1 aromatic heterocycles. The van der Waals surface area contributed by atoms with E-state index in [0.717, 1.165) is 34.6 Å². The lowest BCUT2D eigenvalue weighted by Gasteiger charge is -2.31. The van der Waals surface area contributed by atoms with Gasteiger partial charge in [0.15, 0.2) is 0 Å². The van der Waals surface area contributed by atoms with E-state index in [-0.39, 0.29) is 12.1 Å². The summed E-state index contributed by atoms with van der Waals surface area (Å²) < 4.78 is 5.93. The summed E-state index contributed by atoms with van der Waals surface area (Å²) in [6, 6.07) is 6.62. The number of carbonyl (C=O) groups is 4. The number of rotatable bonds is 5. The van der Waals surface area contributed by atoms with Gasteiger partial charge >= 0.3 is 12.1 Å². The first-order chi connectivity index (χ1) is 17.4. The van der Waals surface area contributed by atoms with Gasteiger partial charge in [-0.15, -0.1) is 11.3 Å². The second kappa shape index (κ2) is 9.81. The highest BCUT2D eigenvalue weighted by Crippen LogP contribution is 2.40. The van der Waals surface area contributed by atoms with Gasteiger partial charge in [0, 0.05) is 12.7 Å². The Morgan fingerprint density at radius 2 is 2.00 bits per heavy atom. The summed E-state index contributed by atoms with van der Waals surface area (Å²) >= 11 is 1.50. The van der Waals surface area contributed by atoms with Crippen LogP contribution in [0.15, 0.2) is 29.6 Å². The van der Waals surface area contributed by atoms with Crippen LogP contribution in [0.3, 0.4) is 0 Å². The van der Waals surface area contributed by atoms with Gasteiger partial charge in [-0.1, -0.05) is 6.07 Å². The zero-order valence-electron chi connectivity index (χ0n) is 19.9. The number of imide groups is 1. The molecule has 2 aliphatic carbocycles.